The number of esters is 1. The monoisotopic (exact) mass is 391 g/mol. The smallest absolute Gasteiger partial charge is 0.359 e. The molecule has 1 atom stereocenters. The van der Waals surface area contributed by atoms with E-state index in [0.717, 1.165) is 5.56 Å². The highest BCUT2D eigenvalue weighted by Gasteiger charge is 2.21. The van der Waals surface area contributed by atoms with Gasteiger partial charge >= 0.3 is 5.97 Å². The molecule has 3 aromatic rings. The fourth-order valence-electron chi connectivity index (χ4n) is 2.28. The molecule has 0 saturated carbocycles. The maximum atomic E-state index is 12.3. The Bertz CT molecular complexity index is 1000. The number of imidazole rings is 1. The zero-order chi connectivity index (χ0) is 18.8. The Morgan fingerprint density at radius 2 is 2.00 bits per heavy atom. The van der Waals surface area contributed by atoms with Gasteiger partial charge in [-0.1, -0.05) is 23.2 Å². The van der Waals surface area contributed by atoms with Crippen molar-refractivity contribution in [2.75, 3.05) is 5.32 Å². The molecule has 0 saturated heterocycles. The van der Waals surface area contributed by atoms with Gasteiger partial charge in [-0.15, -0.1) is 0 Å². The van der Waals surface area contributed by atoms with Crippen molar-refractivity contribution in [3.63, 3.8) is 0 Å². The second-order valence-corrected chi connectivity index (χ2v) is 6.60. The van der Waals surface area contributed by atoms with Crippen LogP contribution in [0.5, 0.6) is 0 Å². The van der Waals surface area contributed by atoms with E-state index in [0.29, 0.717) is 21.4 Å². The molecule has 6 nitrogen and oxygen atoms in total. The molecule has 0 radical (unpaired) electrons. The normalized spacial score (nSPS) is 12.0. The predicted molar refractivity (Wildman–Crippen MR) is 99.9 cm³/mol. The van der Waals surface area contributed by atoms with Gasteiger partial charge in [0.25, 0.3) is 5.91 Å². The van der Waals surface area contributed by atoms with Crippen molar-refractivity contribution in [1.82, 2.24) is 9.38 Å². The van der Waals surface area contributed by atoms with Gasteiger partial charge in [-0.25, -0.2) is 9.78 Å². The first-order valence-corrected chi connectivity index (χ1v) is 8.51. The Labute approximate surface area is 159 Å². The molecule has 1 N–H and O–H groups in total. The number of ether oxygens (including phenoxy) is 1. The SMILES string of the molecule is Cc1ccn2cc(C(=O)O[C@@H](C)C(=O)Nc3cc(Cl)ccc3Cl)nc2c1. The van der Waals surface area contributed by atoms with Gasteiger partial charge in [0.2, 0.25) is 0 Å². The summed E-state index contributed by atoms with van der Waals surface area (Å²) in [7, 11) is 0. The van der Waals surface area contributed by atoms with Crippen LogP contribution in [-0.4, -0.2) is 27.4 Å². The van der Waals surface area contributed by atoms with E-state index in [1.807, 2.05) is 19.1 Å². The van der Waals surface area contributed by atoms with Crippen LogP contribution >= 0.6 is 23.2 Å². The van der Waals surface area contributed by atoms with Crippen molar-refractivity contribution in [3.05, 3.63) is 64.0 Å². The van der Waals surface area contributed by atoms with E-state index in [1.165, 1.54) is 13.0 Å². The molecule has 134 valence electrons. The van der Waals surface area contributed by atoms with E-state index in [2.05, 4.69) is 10.3 Å². The second-order valence-electron chi connectivity index (χ2n) is 5.76. The lowest BCUT2D eigenvalue weighted by Gasteiger charge is -2.13. The number of nitrogens with one attached hydrogen (secondary N) is 1. The van der Waals surface area contributed by atoms with Crippen LogP contribution in [0.15, 0.2) is 42.7 Å². The van der Waals surface area contributed by atoms with Crippen LogP contribution in [0.25, 0.3) is 5.65 Å². The summed E-state index contributed by atoms with van der Waals surface area (Å²) in [5, 5.41) is 3.34. The highest BCUT2D eigenvalue weighted by Crippen LogP contribution is 2.25. The molecular formula is C18H15Cl2N3O3. The van der Waals surface area contributed by atoms with E-state index in [1.54, 1.807) is 28.9 Å². The molecule has 0 spiro atoms. The number of amides is 1. The van der Waals surface area contributed by atoms with Gasteiger partial charge < -0.3 is 14.5 Å². The van der Waals surface area contributed by atoms with Gasteiger partial charge in [-0.3, -0.25) is 4.79 Å². The number of aryl methyl sites for hydroxylation is 1. The Morgan fingerprint density at radius 1 is 1.23 bits per heavy atom. The summed E-state index contributed by atoms with van der Waals surface area (Å²) in [5.41, 5.74) is 2.11. The third-order valence-corrected chi connectivity index (χ3v) is 4.23. The van der Waals surface area contributed by atoms with E-state index in [9.17, 15) is 9.59 Å². The minimum Gasteiger partial charge on any atom is -0.448 e. The standard InChI is InChI=1S/C18H15Cl2N3O3/c1-10-5-6-23-9-15(21-16(23)7-10)18(25)26-11(2)17(24)22-14-8-12(19)3-4-13(14)20/h3-9,11H,1-2H3,(H,22,24)/t11-/m0/s1. The van der Waals surface area contributed by atoms with Crippen LogP contribution in [0.3, 0.4) is 0 Å². The number of fused-ring (bicyclic) bond motifs is 1. The fourth-order valence-corrected chi connectivity index (χ4v) is 2.62. The number of anilines is 1. The fraction of sp³-hybridized carbons (Fsp3) is 0.167. The molecule has 3 rings (SSSR count). The minimum atomic E-state index is -1.04. The first kappa shape index (κ1) is 18.2. The first-order chi connectivity index (χ1) is 12.3. The van der Waals surface area contributed by atoms with Crippen molar-refractivity contribution in [3.8, 4) is 0 Å². The molecule has 0 unspecified atom stereocenters. The zero-order valence-corrected chi connectivity index (χ0v) is 15.5. The number of benzene rings is 1. The summed E-state index contributed by atoms with van der Waals surface area (Å²) in [6.45, 7) is 3.39. The molecule has 1 amide bonds. The van der Waals surface area contributed by atoms with Gasteiger partial charge in [0.05, 0.1) is 10.7 Å². The zero-order valence-electron chi connectivity index (χ0n) is 14.0. The third-order valence-electron chi connectivity index (χ3n) is 3.66. The Kier molecular flexibility index (Phi) is 5.15. The van der Waals surface area contributed by atoms with Crippen LogP contribution < -0.4 is 5.32 Å². The number of pyridine rings is 1. The van der Waals surface area contributed by atoms with Gasteiger partial charge in [0.1, 0.15) is 5.65 Å². The van der Waals surface area contributed by atoms with E-state index in [4.69, 9.17) is 27.9 Å². The highest BCUT2D eigenvalue weighted by atomic mass is 35.5. The van der Waals surface area contributed by atoms with Crippen LogP contribution in [0, 0.1) is 6.92 Å². The second kappa shape index (κ2) is 7.35. The number of aromatic nitrogens is 2. The minimum absolute atomic E-state index is 0.121. The molecule has 8 heteroatoms. The maximum absolute atomic E-state index is 12.3. The predicted octanol–water partition coefficient (Wildman–Crippen LogP) is 4.13. The molecule has 0 aliphatic carbocycles. The highest BCUT2D eigenvalue weighted by molar-refractivity contribution is 6.35. The quantitative estimate of drug-likeness (QED) is 0.678. The molecular weight excluding hydrogens is 377 g/mol. The van der Waals surface area contributed by atoms with E-state index < -0.39 is 18.0 Å². The molecule has 0 fully saturated rings. The summed E-state index contributed by atoms with van der Waals surface area (Å²) < 4.78 is 6.91. The molecule has 0 aliphatic heterocycles. The number of hydrogen-bond acceptors (Lipinski definition) is 4. The molecule has 26 heavy (non-hydrogen) atoms. The summed E-state index contributed by atoms with van der Waals surface area (Å²) in [5.74, 6) is -1.21. The van der Waals surface area contributed by atoms with Gasteiger partial charge in [-0.05, 0) is 49.7 Å². The number of rotatable bonds is 4. The van der Waals surface area contributed by atoms with Crippen molar-refractivity contribution < 1.29 is 14.3 Å². The lowest BCUT2D eigenvalue weighted by Crippen LogP contribution is -2.30. The van der Waals surface area contributed by atoms with Gasteiger partial charge in [-0.2, -0.15) is 0 Å². The largest absolute Gasteiger partial charge is 0.448 e. The van der Waals surface area contributed by atoms with Crippen molar-refractivity contribution in [2.45, 2.75) is 20.0 Å². The van der Waals surface area contributed by atoms with Crippen LogP contribution in [0.1, 0.15) is 23.0 Å². The number of carbonyl (C=O) groups excluding carboxylic acids is 2. The summed E-state index contributed by atoms with van der Waals surface area (Å²) >= 11 is 11.9. The lowest BCUT2D eigenvalue weighted by atomic mass is 10.3. The number of nitrogens with zero attached hydrogens (tertiary/aromatic N) is 2. The lowest BCUT2D eigenvalue weighted by molar-refractivity contribution is -0.123. The average molecular weight is 392 g/mol. The number of halogens is 2. The summed E-state index contributed by atoms with van der Waals surface area (Å²) in [6.07, 6.45) is 2.31. The molecule has 2 aromatic heterocycles. The maximum Gasteiger partial charge on any atom is 0.359 e. The Morgan fingerprint density at radius 3 is 2.77 bits per heavy atom. The summed E-state index contributed by atoms with van der Waals surface area (Å²) in [6, 6.07) is 8.42. The van der Waals surface area contributed by atoms with E-state index >= 15 is 0 Å². The topological polar surface area (TPSA) is 72.7 Å². The first-order valence-electron chi connectivity index (χ1n) is 7.76. The van der Waals surface area contributed by atoms with E-state index in [-0.39, 0.29) is 5.69 Å². The Hall–Kier alpha value is -2.57. The molecule has 1 aromatic carbocycles. The van der Waals surface area contributed by atoms with Crippen molar-refractivity contribution >= 4 is 46.4 Å². The molecule has 0 bridgehead atoms. The Balaban J connectivity index is 1.69. The van der Waals surface area contributed by atoms with Crippen LogP contribution in [-0.2, 0) is 9.53 Å². The molecule has 0 aliphatic rings. The van der Waals surface area contributed by atoms with Crippen LogP contribution in [0.2, 0.25) is 10.0 Å². The van der Waals surface area contributed by atoms with Crippen molar-refractivity contribution in [1.29, 1.82) is 0 Å². The average Bonchev–Trinajstić information content (AvgIpc) is 3.01. The molecule has 2 heterocycles. The van der Waals surface area contributed by atoms with Crippen molar-refractivity contribution in [2.24, 2.45) is 0 Å². The van der Waals surface area contributed by atoms with Gasteiger partial charge in [0.15, 0.2) is 11.8 Å². The third kappa shape index (κ3) is 3.98. The number of hydrogen-bond donors (Lipinski definition) is 1. The summed E-state index contributed by atoms with van der Waals surface area (Å²) in [4.78, 5) is 28.7. The van der Waals surface area contributed by atoms with Crippen LogP contribution in [0.4, 0.5) is 5.69 Å². The number of carbonyl (C=O) groups is 2. The van der Waals surface area contributed by atoms with Gasteiger partial charge in [0, 0.05) is 17.4 Å².